The van der Waals surface area contributed by atoms with Gasteiger partial charge in [0.2, 0.25) is 5.91 Å². The van der Waals surface area contributed by atoms with Crippen LogP contribution in [0.5, 0.6) is 5.75 Å². The van der Waals surface area contributed by atoms with Gasteiger partial charge in [0.15, 0.2) is 0 Å². The lowest BCUT2D eigenvalue weighted by Crippen LogP contribution is -2.36. The van der Waals surface area contributed by atoms with Gasteiger partial charge in [0, 0.05) is 38.7 Å². The van der Waals surface area contributed by atoms with Crippen LogP contribution in [-0.2, 0) is 11.2 Å². The molecule has 0 saturated carbocycles. The van der Waals surface area contributed by atoms with Gasteiger partial charge in [0.1, 0.15) is 5.75 Å². The van der Waals surface area contributed by atoms with E-state index < -0.39 is 0 Å². The highest BCUT2D eigenvalue weighted by atomic mass is 35.5. The maximum absolute atomic E-state index is 12.6. The van der Waals surface area contributed by atoms with E-state index in [1.807, 2.05) is 6.92 Å². The average Bonchev–Trinajstić information content (AvgIpc) is 3.00. The first kappa shape index (κ1) is 20.0. The molecule has 3 N–H and O–H groups in total. The summed E-state index contributed by atoms with van der Waals surface area (Å²) < 4.78 is 0. The monoisotopic (exact) mass is 370 g/mol. The Morgan fingerprint density at radius 2 is 2.04 bits per heavy atom. The molecule has 0 aliphatic carbocycles. The van der Waals surface area contributed by atoms with Crippen LogP contribution in [-0.4, -0.2) is 77.0 Å². The van der Waals surface area contributed by atoms with E-state index >= 15 is 0 Å². The lowest BCUT2D eigenvalue weighted by molar-refractivity contribution is -0.129. The van der Waals surface area contributed by atoms with E-state index in [-0.39, 0.29) is 48.1 Å². The van der Waals surface area contributed by atoms with Crippen LogP contribution in [0, 0.1) is 11.8 Å². The van der Waals surface area contributed by atoms with Gasteiger partial charge in [0.25, 0.3) is 0 Å². The summed E-state index contributed by atoms with van der Waals surface area (Å²) in [4.78, 5) is 16.5. The van der Waals surface area contributed by atoms with Crippen molar-refractivity contribution in [3.8, 4) is 5.75 Å². The number of halogens is 1. The third kappa shape index (κ3) is 5.31. The number of likely N-dealkylation sites (tertiary alicyclic amines) is 1. The molecule has 140 valence electrons. The maximum atomic E-state index is 12.6. The summed E-state index contributed by atoms with van der Waals surface area (Å²) in [5, 5.41) is 28.5. The zero-order valence-electron chi connectivity index (χ0n) is 14.6. The molecular weight excluding hydrogens is 344 g/mol. The predicted octanol–water partition coefficient (Wildman–Crippen LogP) is 0.969. The number of carbonyl (C=O) groups is 1. The number of carbonyl (C=O) groups excluding carboxylic acids is 1. The van der Waals surface area contributed by atoms with Crippen LogP contribution in [0.1, 0.15) is 12.5 Å². The van der Waals surface area contributed by atoms with Gasteiger partial charge in [-0.3, -0.25) is 4.79 Å². The summed E-state index contributed by atoms with van der Waals surface area (Å²) in [6.07, 6.45) is 0.221. The predicted molar refractivity (Wildman–Crippen MR) is 96.7 cm³/mol. The van der Waals surface area contributed by atoms with Crippen LogP contribution >= 0.6 is 11.6 Å². The van der Waals surface area contributed by atoms with Crippen molar-refractivity contribution >= 4 is 17.5 Å². The molecule has 1 saturated heterocycles. The Kier molecular flexibility index (Phi) is 7.50. The van der Waals surface area contributed by atoms with Crippen molar-refractivity contribution < 1.29 is 20.1 Å². The van der Waals surface area contributed by atoms with Crippen LogP contribution < -0.4 is 0 Å². The van der Waals surface area contributed by atoms with E-state index in [9.17, 15) is 15.0 Å². The molecule has 1 fully saturated rings. The minimum atomic E-state index is -0.00656. The van der Waals surface area contributed by atoms with E-state index in [1.165, 1.54) is 6.07 Å². The van der Waals surface area contributed by atoms with Crippen molar-refractivity contribution in [3.63, 3.8) is 0 Å². The standard InChI is InChI=1S/C18H27ClN2O4/c1-2-20(5-6-22)9-14-10-21(11-15(14)12-23)18(25)8-13-3-4-17(24)16(19)7-13/h3-4,7,14-15,22-24H,2,5-6,8-12H2,1H3/t14-,15-/m1/s1. The van der Waals surface area contributed by atoms with E-state index in [2.05, 4.69) is 4.90 Å². The van der Waals surface area contributed by atoms with Gasteiger partial charge in [-0.05, 0) is 30.2 Å². The molecule has 0 radical (unpaired) electrons. The second-order valence-electron chi connectivity index (χ2n) is 6.58. The minimum Gasteiger partial charge on any atom is -0.506 e. The molecule has 1 aromatic carbocycles. The summed E-state index contributed by atoms with van der Waals surface area (Å²) in [5.41, 5.74) is 0.757. The highest BCUT2D eigenvalue weighted by Crippen LogP contribution is 2.27. The lowest BCUT2D eigenvalue weighted by Gasteiger charge is -2.25. The molecule has 0 bridgehead atoms. The van der Waals surface area contributed by atoms with Crippen LogP contribution in [0.4, 0.5) is 0 Å². The highest BCUT2D eigenvalue weighted by molar-refractivity contribution is 6.32. The third-order valence-electron chi connectivity index (χ3n) is 4.89. The SMILES string of the molecule is CCN(CCO)C[C@@H]1CN(C(=O)Cc2ccc(O)c(Cl)c2)C[C@@H]1CO. The molecule has 0 spiro atoms. The Labute approximate surface area is 153 Å². The molecule has 1 heterocycles. The third-order valence-corrected chi connectivity index (χ3v) is 5.19. The van der Waals surface area contributed by atoms with Gasteiger partial charge in [-0.25, -0.2) is 0 Å². The number of hydrogen-bond acceptors (Lipinski definition) is 5. The summed E-state index contributed by atoms with van der Waals surface area (Å²) in [7, 11) is 0. The van der Waals surface area contributed by atoms with Gasteiger partial charge < -0.3 is 25.1 Å². The Morgan fingerprint density at radius 3 is 2.64 bits per heavy atom. The number of benzene rings is 1. The molecule has 1 aromatic rings. The van der Waals surface area contributed by atoms with Crippen LogP contribution in [0.2, 0.25) is 5.02 Å². The van der Waals surface area contributed by atoms with Crippen molar-refractivity contribution in [2.75, 3.05) is 45.9 Å². The van der Waals surface area contributed by atoms with E-state index in [1.54, 1.807) is 17.0 Å². The van der Waals surface area contributed by atoms with Gasteiger partial charge in [-0.15, -0.1) is 0 Å². The van der Waals surface area contributed by atoms with Crippen LogP contribution in [0.25, 0.3) is 0 Å². The van der Waals surface area contributed by atoms with E-state index in [0.717, 1.165) is 18.7 Å². The fourth-order valence-corrected chi connectivity index (χ4v) is 3.56. The summed E-state index contributed by atoms with van der Waals surface area (Å²) in [5.74, 6) is 0.250. The number of likely N-dealkylation sites (N-methyl/N-ethyl adjacent to an activating group) is 1. The molecule has 2 rings (SSSR count). The number of phenolic OH excluding ortho intramolecular Hbond substituents is 1. The number of aliphatic hydroxyl groups excluding tert-OH is 2. The number of rotatable bonds is 8. The smallest absolute Gasteiger partial charge is 0.227 e. The molecule has 1 amide bonds. The van der Waals surface area contributed by atoms with Crippen LogP contribution in [0.3, 0.4) is 0 Å². The fourth-order valence-electron chi connectivity index (χ4n) is 3.35. The molecular formula is C18H27ClN2O4. The Balaban J connectivity index is 1.97. The summed E-state index contributed by atoms with van der Waals surface area (Å²) >= 11 is 5.89. The second-order valence-corrected chi connectivity index (χ2v) is 6.99. The Bertz CT molecular complexity index is 584. The molecule has 6 nitrogen and oxygen atoms in total. The zero-order chi connectivity index (χ0) is 18.4. The normalized spacial score (nSPS) is 20.4. The van der Waals surface area contributed by atoms with Gasteiger partial charge in [-0.1, -0.05) is 24.6 Å². The number of phenols is 1. The Hall–Kier alpha value is -1.34. The topological polar surface area (TPSA) is 84.2 Å². The van der Waals surface area contributed by atoms with Crippen LogP contribution in [0.15, 0.2) is 18.2 Å². The summed E-state index contributed by atoms with van der Waals surface area (Å²) in [6, 6.07) is 4.78. The molecule has 1 aliphatic rings. The van der Waals surface area contributed by atoms with Gasteiger partial charge in [0.05, 0.1) is 18.1 Å². The first-order valence-corrected chi connectivity index (χ1v) is 9.05. The quantitative estimate of drug-likeness (QED) is 0.635. The van der Waals surface area contributed by atoms with Crippen molar-refractivity contribution in [1.29, 1.82) is 0 Å². The number of aliphatic hydroxyl groups is 2. The molecule has 0 aromatic heterocycles. The Morgan fingerprint density at radius 1 is 1.32 bits per heavy atom. The van der Waals surface area contributed by atoms with Crippen molar-refractivity contribution in [1.82, 2.24) is 9.80 Å². The van der Waals surface area contributed by atoms with Crippen molar-refractivity contribution in [2.45, 2.75) is 13.3 Å². The zero-order valence-corrected chi connectivity index (χ0v) is 15.3. The van der Waals surface area contributed by atoms with Crippen molar-refractivity contribution in [2.24, 2.45) is 11.8 Å². The molecule has 25 heavy (non-hydrogen) atoms. The van der Waals surface area contributed by atoms with E-state index in [0.29, 0.717) is 19.6 Å². The fraction of sp³-hybridized carbons (Fsp3) is 0.611. The molecule has 1 aliphatic heterocycles. The number of hydrogen-bond donors (Lipinski definition) is 3. The molecule has 2 atom stereocenters. The minimum absolute atomic E-state index is 0.00277. The number of nitrogens with zero attached hydrogens (tertiary/aromatic N) is 2. The number of amides is 1. The largest absolute Gasteiger partial charge is 0.506 e. The highest BCUT2D eigenvalue weighted by Gasteiger charge is 2.35. The average molecular weight is 371 g/mol. The number of aromatic hydroxyl groups is 1. The second kappa shape index (κ2) is 9.38. The first-order chi connectivity index (χ1) is 12.0. The maximum Gasteiger partial charge on any atom is 0.227 e. The van der Waals surface area contributed by atoms with Crippen molar-refractivity contribution in [3.05, 3.63) is 28.8 Å². The first-order valence-electron chi connectivity index (χ1n) is 8.67. The van der Waals surface area contributed by atoms with Gasteiger partial charge >= 0.3 is 0 Å². The van der Waals surface area contributed by atoms with Gasteiger partial charge in [-0.2, -0.15) is 0 Å². The summed E-state index contributed by atoms with van der Waals surface area (Å²) in [6.45, 7) is 5.54. The lowest BCUT2D eigenvalue weighted by atomic mass is 9.96. The molecule has 7 heteroatoms. The van der Waals surface area contributed by atoms with E-state index in [4.69, 9.17) is 16.7 Å². The molecule has 0 unspecified atom stereocenters.